The molecule has 0 atom stereocenters. The van der Waals surface area contributed by atoms with Crippen LogP contribution in [-0.2, 0) is 0 Å². The van der Waals surface area contributed by atoms with Gasteiger partial charge in [-0.1, -0.05) is 0 Å². The molecule has 0 saturated heterocycles. The Labute approximate surface area is 67.6 Å². The minimum absolute atomic E-state index is 0.453. The average Bonchev–Trinajstić information content (AvgIpc) is 2.46. The SMILES string of the molecule is COc1cc(C=O)sc1C=O. The van der Waals surface area contributed by atoms with E-state index in [1.54, 1.807) is 6.07 Å². The summed E-state index contributed by atoms with van der Waals surface area (Å²) in [4.78, 5) is 21.5. The Kier molecular flexibility index (Phi) is 2.38. The summed E-state index contributed by atoms with van der Waals surface area (Å²) in [6.45, 7) is 0. The second kappa shape index (κ2) is 3.30. The molecule has 4 heteroatoms. The summed E-state index contributed by atoms with van der Waals surface area (Å²) in [6, 6.07) is 1.54. The number of rotatable bonds is 3. The van der Waals surface area contributed by atoms with Crippen molar-refractivity contribution >= 4 is 23.9 Å². The van der Waals surface area contributed by atoms with Crippen LogP contribution >= 0.6 is 11.3 Å². The van der Waals surface area contributed by atoms with Gasteiger partial charge in [-0.25, -0.2) is 0 Å². The number of aldehydes is 2. The molecule has 3 nitrogen and oxygen atoms in total. The molecule has 0 spiro atoms. The topological polar surface area (TPSA) is 43.4 Å². The Morgan fingerprint density at radius 2 is 2.18 bits per heavy atom. The Balaban J connectivity index is 3.11. The predicted molar refractivity (Wildman–Crippen MR) is 41.6 cm³/mol. The van der Waals surface area contributed by atoms with Gasteiger partial charge in [0.25, 0.3) is 0 Å². The van der Waals surface area contributed by atoms with Crippen LogP contribution in [0, 0.1) is 0 Å². The van der Waals surface area contributed by atoms with E-state index in [2.05, 4.69) is 0 Å². The van der Waals surface area contributed by atoms with E-state index in [4.69, 9.17) is 4.74 Å². The first kappa shape index (κ1) is 7.94. The third kappa shape index (κ3) is 1.46. The molecule has 0 aliphatic heterocycles. The summed E-state index contributed by atoms with van der Waals surface area (Å²) in [7, 11) is 1.46. The maximum Gasteiger partial charge on any atom is 0.163 e. The molecule has 11 heavy (non-hydrogen) atoms. The van der Waals surface area contributed by atoms with Crippen molar-refractivity contribution in [1.82, 2.24) is 0 Å². The minimum atomic E-state index is 0.453. The fraction of sp³-hybridized carbons (Fsp3) is 0.143. The third-order valence-electron chi connectivity index (χ3n) is 1.19. The first-order valence-corrected chi connectivity index (χ1v) is 3.71. The van der Waals surface area contributed by atoms with Crippen molar-refractivity contribution < 1.29 is 14.3 Å². The van der Waals surface area contributed by atoms with E-state index in [0.717, 1.165) is 11.3 Å². The quantitative estimate of drug-likeness (QED) is 0.643. The van der Waals surface area contributed by atoms with Crippen LogP contribution in [0.1, 0.15) is 19.3 Å². The number of ether oxygens (including phenoxy) is 1. The van der Waals surface area contributed by atoms with Crippen molar-refractivity contribution in [2.24, 2.45) is 0 Å². The first-order valence-electron chi connectivity index (χ1n) is 2.90. The molecular formula is C7H6O3S. The van der Waals surface area contributed by atoms with Crippen molar-refractivity contribution in [3.05, 3.63) is 15.8 Å². The maximum absolute atomic E-state index is 10.3. The van der Waals surface area contributed by atoms with Crippen LogP contribution in [0.2, 0.25) is 0 Å². The van der Waals surface area contributed by atoms with Gasteiger partial charge < -0.3 is 4.74 Å². The van der Waals surface area contributed by atoms with E-state index in [-0.39, 0.29) is 0 Å². The van der Waals surface area contributed by atoms with Crippen LogP contribution in [0.4, 0.5) is 0 Å². The molecule has 0 fully saturated rings. The maximum atomic E-state index is 10.3. The normalized spacial score (nSPS) is 9.18. The summed E-state index contributed by atoms with van der Waals surface area (Å²) in [5.74, 6) is 0.465. The summed E-state index contributed by atoms with van der Waals surface area (Å²) in [5, 5.41) is 0. The monoisotopic (exact) mass is 170 g/mol. The lowest BCUT2D eigenvalue weighted by Gasteiger charge is -1.91. The lowest BCUT2D eigenvalue weighted by Crippen LogP contribution is -1.82. The summed E-state index contributed by atoms with van der Waals surface area (Å²) >= 11 is 1.12. The van der Waals surface area contributed by atoms with Gasteiger partial charge in [-0.3, -0.25) is 9.59 Å². The third-order valence-corrected chi connectivity index (χ3v) is 2.15. The van der Waals surface area contributed by atoms with Gasteiger partial charge in [0.05, 0.1) is 12.0 Å². The fourth-order valence-corrected chi connectivity index (χ4v) is 1.47. The van der Waals surface area contributed by atoms with Crippen LogP contribution in [-0.4, -0.2) is 19.7 Å². The Bertz CT molecular complexity index is 277. The molecule has 0 aliphatic carbocycles. The molecule has 1 aromatic rings. The lowest BCUT2D eigenvalue weighted by molar-refractivity contribution is 0.111. The highest BCUT2D eigenvalue weighted by Gasteiger charge is 2.06. The van der Waals surface area contributed by atoms with Gasteiger partial charge in [-0.15, -0.1) is 11.3 Å². The molecule has 0 saturated carbocycles. The average molecular weight is 170 g/mol. The molecule has 0 aromatic carbocycles. The van der Waals surface area contributed by atoms with E-state index in [9.17, 15) is 9.59 Å². The molecule has 58 valence electrons. The van der Waals surface area contributed by atoms with Crippen LogP contribution < -0.4 is 4.74 Å². The Morgan fingerprint density at radius 1 is 1.45 bits per heavy atom. The molecule has 1 rings (SSSR count). The summed E-state index contributed by atoms with van der Waals surface area (Å²) < 4.78 is 4.84. The van der Waals surface area contributed by atoms with Crippen molar-refractivity contribution in [1.29, 1.82) is 0 Å². The second-order valence-electron chi connectivity index (χ2n) is 1.82. The zero-order valence-corrected chi connectivity index (χ0v) is 6.68. The summed E-state index contributed by atoms with van der Waals surface area (Å²) in [6.07, 6.45) is 1.37. The number of thiophene rings is 1. The largest absolute Gasteiger partial charge is 0.495 e. The number of hydrogen-bond donors (Lipinski definition) is 0. The van der Waals surface area contributed by atoms with Gasteiger partial charge in [-0.05, 0) is 0 Å². The second-order valence-corrected chi connectivity index (χ2v) is 2.93. The number of methoxy groups -OCH3 is 1. The van der Waals surface area contributed by atoms with Crippen LogP contribution in [0.3, 0.4) is 0 Å². The van der Waals surface area contributed by atoms with E-state index in [1.807, 2.05) is 0 Å². The highest BCUT2D eigenvalue weighted by atomic mass is 32.1. The highest BCUT2D eigenvalue weighted by Crippen LogP contribution is 2.25. The van der Waals surface area contributed by atoms with E-state index >= 15 is 0 Å². The molecule has 1 heterocycles. The van der Waals surface area contributed by atoms with Gasteiger partial charge in [0.2, 0.25) is 0 Å². The molecule has 0 N–H and O–H groups in total. The number of carbonyl (C=O) groups is 2. The van der Waals surface area contributed by atoms with Crippen LogP contribution in [0.15, 0.2) is 6.07 Å². The van der Waals surface area contributed by atoms with Gasteiger partial charge in [0.1, 0.15) is 10.6 Å². The standard InChI is InChI=1S/C7H6O3S/c1-10-6-2-5(3-8)11-7(6)4-9/h2-4H,1H3. The van der Waals surface area contributed by atoms with Crippen LogP contribution in [0.25, 0.3) is 0 Å². The van der Waals surface area contributed by atoms with Crippen molar-refractivity contribution in [3.63, 3.8) is 0 Å². The number of carbonyl (C=O) groups excluding carboxylic acids is 2. The Hall–Kier alpha value is -1.16. The van der Waals surface area contributed by atoms with Crippen molar-refractivity contribution in [3.8, 4) is 5.75 Å². The predicted octanol–water partition coefficient (Wildman–Crippen LogP) is 1.38. The molecule has 0 aliphatic rings. The summed E-state index contributed by atoms with van der Waals surface area (Å²) in [5.41, 5.74) is 0. The first-order chi connectivity index (χ1) is 5.31. The van der Waals surface area contributed by atoms with Crippen molar-refractivity contribution in [2.75, 3.05) is 7.11 Å². The van der Waals surface area contributed by atoms with E-state index in [1.165, 1.54) is 7.11 Å². The van der Waals surface area contributed by atoms with Gasteiger partial charge in [-0.2, -0.15) is 0 Å². The van der Waals surface area contributed by atoms with Gasteiger partial charge in [0.15, 0.2) is 12.6 Å². The molecule has 0 amide bonds. The highest BCUT2D eigenvalue weighted by molar-refractivity contribution is 7.15. The zero-order valence-electron chi connectivity index (χ0n) is 5.87. The lowest BCUT2D eigenvalue weighted by atomic mass is 10.4. The van der Waals surface area contributed by atoms with E-state index < -0.39 is 0 Å². The fourth-order valence-electron chi connectivity index (χ4n) is 0.707. The zero-order chi connectivity index (χ0) is 8.27. The minimum Gasteiger partial charge on any atom is -0.495 e. The molecular weight excluding hydrogens is 164 g/mol. The van der Waals surface area contributed by atoms with Crippen molar-refractivity contribution in [2.45, 2.75) is 0 Å². The van der Waals surface area contributed by atoms with Gasteiger partial charge in [0, 0.05) is 6.07 Å². The molecule has 0 bridgehead atoms. The molecule has 0 unspecified atom stereocenters. The van der Waals surface area contributed by atoms with Gasteiger partial charge >= 0.3 is 0 Å². The van der Waals surface area contributed by atoms with E-state index in [0.29, 0.717) is 28.1 Å². The van der Waals surface area contributed by atoms with Crippen LogP contribution in [0.5, 0.6) is 5.75 Å². The number of hydrogen-bond acceptors (Lipinski definition) is 4. The smallest absolute Gasteiger partial charge is 0.163 e. The molecule has 1 aromatic heterocycles. The Morgan fingerprint density at radius 3 is 2.55 bits per heavy atom. The molecule has 0 radical (unpaired) electrons.